The number of amides is 1. The topological polar surface area (TPSA) is 94.3 Å². The number of aryl methyl sites for hydroxylation is 1. The van der Waals surface area contributed by atoms with Gasteiger partial charge in [-0.2, -0.15) is 0 Å². The molecular formula is C21H20FN3O4S. The van der Waals surface area contributed by atoms with E-state index in [0.717, 1.165) is 11.8 Å². The van der Waals surface area contributed by atoms with Gasteiger partial charge in [0.1, 0.15) is 16.4 Å². The van der Waals surface area contributed by atoms with Crippen molar-refractivity contribution >= 4 is 29.3 Å². The second-order valence-corrected chi connectivity index (χ2v) is 7.57. The van der Waals surface area contributed by atoms with Crippen LogP contribution in [0.4, 0.5) is 10.1 Å². The quantitative estimate of drug-likeness (QED) is 0.336. The predicted octanol–water partition coefficient (Wildman–Crippen LogP) is 4.48. The third kappa shape index (κ3) is 4.85. The Hall–Kier alpha value is -3.20. The van der Waals surface area contributed by atoms with E-state index in [-0.39, 0.29) is 28.7 Å². The first-order chi connectivity index (χ1) is 14.4. The molecule has 1 unspecified atom stereocenters. The van der Waals surface area contributed by atoms with Crippen LogP contribution in [0.5, 0.6) is 0 Å². The standard InChI is InChI=1S/C21H20FN3O4S/c1-4-28-21(27)17-12(2)23-18(16-10-7-11-29-16)25-20(17)30-13(3)19(26)24-15-9-6-5-8-14(15)22/h5-11,13H,4H2,1-3H3,(H,24,26). The highest BCUT2D eigenvalue weighted by Crippen LogP contribution is 2.30. The maximum absolute atomic E-state index is 13.8. The Labute approximate surface area is 177 Å². The molecule has 2 aromatic heterocycles. The molecule has 0 bridgehead atoms. The number of thioether (sulfide) groups is 1. The molecule has 0 saturated heterocycles. The molecule has 1 atom stereocenters. The van der Waals surface area contributed by atoms with Gasteiger partial charge in [-0.25, -0.2) is 19.2 Å². The molecule has 3 rings (SSSR count). The lowest BCUT2D eigenvalue weighted by atomic mass is 10.2. The van der Waals surface area contributed by atoms with Gasteiger partial charge in [-0.05, 0) is 45.0 Å². The Kier molecular flexibility index (Phi) is 6.83. The number of carbonyl (C=O) groups excluding carboxylic acids is 2. The summed E-state index contributed by atoms with van der Waals surface area (Å²) in [6.07, 6.45) is 1.49. The zero-order valence-electron chi connectivity index (χ0n) is 16.6. The predicted molar refractivity (Wildman–Crippen MR) is 111 cm³/mol. The molecule has 0 spiro atoms. The van der Waals surface area contributed by atoms with Crippen molar-refractivity contribution in [2.24, 2.45) is 0 Å². The summed E-state index contributed by atoms with van der Waals surface area (Å²) in [4.78, 5) is 33.9. The highest BCUT2D eigenvalue weighted by Gasteiger charge is 2.25. The van der Waals surface area contributed by atoms with Crippen molar-refractivity contribution in [3.63, 3.8) is 0 Å². The summed E-state index contributed by atoms with van der Waals surface area (Å²) < 4.78 is 24.3. The first-order valence-corrected chi connectivity index (χ1v) is 10.1. The van der Waals surface area contributed by atoms with E-state index in [1.54, 1.807) is 39.0 Å². The number of hydrogen-bond donors (Lipinski definition) is 1. The van der Waals surface area contributed by atoms with Crippen LogP contribution in [0.15, 0.2) is 52.1 Å². The summed E-state index contributed by atoms with van der Waals surface area (Å²) in [5.41, 5.74) is 0.664. The van der Waals surface area contributed by atoms with E-state index < -0.39 is 22.9 Å². The molecule has 0 aliphatic rings. The number of ether oxygens (including phenoxy) is 1. The second kappa shape index (κ2) is 9.53. The molecule has 1 aromatic carbocycles. The lowest BCUT2D eigenvalue weighted by Gasteiger charge is -2.15. The highest BCUT2D eigenvalue weighted by molar-refractivity contribution is 8.00. The molecule has 0 aliphatic heterocycles. The van der Waals surface area contributed by atoms with E-state index in [9.17, 15) is 14.0 Å². The minimum absolute atomic E-state index is 0.0794. The number of anilines is 1. The number of halogens is 1. The number of para-hydroxylation sites is 1. The van der Waals surface area contributed by atoms with Crippen LogP contribution in [0.1, 0.15) is 29.9 Å². The molecule has 30 heavy (non-hydrogen) atoms. The molecule has 1 N–H and O–H groups in total. The highest BCUT2D eigenvalue weighted by atomic mass is 32.2. The minimum Gasteiger partial charge on any atom is -0.462 e. The minimum atomic E-state index is -0.684. The second-order valence-electron chi connectivity index (χ2n) is 6.24. The van der Waals surface area contributed by atoms with Crippen molar-refractivity contribution in [1.82, 2.24) is 9.97 Å². The first-order valence-electron chi connectivity index (χ1n) is 9.22. The SMILES string of the molecule is CCOC(=O)c1c(C)nc(-c2ccco2)nc1SC(C)C(=O)Nc1ccccc1F. The summed E-state index contributed by atoms with van der Waals surface area (Å²) in [6, 6.07) is 9.29. The summed E-state index contributed by atoms with van der Waals surface area (Å²) in [6.45, 7) is 5.18. The van der Waals surface area contributed by atoms with Crippen LogP contribution >= 0.6 is 11.8 Å². The lowest BCUT2D eigenvalue weighted by Crippen LogP contribution is -2.24. The number of carbonyl (C=O) groups is 2. The van der Waals surface area contributed by atoms with Crippen molar-refractivity contribution in [3.05, 3.63) is 59.7 Å². The average Bonchev–Trinajstić information content (AvgIpc) is 3.24. The van der Waals surface area contributed by atoms with Crippen LogP contribution in [0.3, 0.4) is 0 Å². The number of nitrogens with zero attached hydrogens (tertiary/aromatic N) is 2. The number of nitrogens with one attached hydrogen (secondary N) is 1. The van der Waals surface area contributed by atoms with Gasteiger partial charge in [0.25, 0.3) is 0 Å². The fraction of sp³-hybridized carbons (Fsp3) is 0.238. The molecular weight excluding hydrogens is 409 g/mol. The largest absolute Gasteiger partial charge is 0.462 e. The van der Waals surface area contributed by atoms with E-state index in [1.807, 2.05) is 0 Å². The van der Waals surface area contributed by atoms with Crippen molar-refractivity contribution < 1.29 is 23.1 Å². The Bertz CT molecular complexity index is 1060. The molecule has 156 valence electrons. The van der Waals surface area contributed by atoms with Crippen LogP contribution in [-0.4, -0.2) is 33.7 Å². The Morgan fingerprint density at radius 3 is 2.67 bits per heavy atom. The van der Waals surface area contributed by atoms with Gasteiger partial charge in [-0.15, -0.1) is 0 Å². The molecule has 2 heterocycles. The van der Waals surface area contributed by atoms with Crippen molar-refractivity contribution in [2.75, 3.05) is 11.9 Å². The molecule has 7 nitrogen and oxygen atoms in total. The molecule has 1 amide bonds. The Morgan fingerprint density at radius 1 is 1.23 bits per heavy atom. The number of furan rings is 1. The van der Waals surface area contributed by atoms with E-state index in [2.05, 4.69) is 15.3 Å². The Morgan fingerprint density at radius 2 is 2.00 bits per heavy atom. The van der Waals surface area contributed by atoms with Gasteiger partial charge in [-0.3, -0.25) is 4.79 Å². The molecule has 0 radical (unpaired) electrons. The Balaban J connectivity index is 1.91. The average molecular weight is 429 g/mol. The van der Waals surface area contributed by atoms with Gasteiger partial charge < -0.3 is 14.5 Å². The summed E-state index contributed by atoms with van der Waals surface area (Å²) in [5.74, 6) is -0.831. The smallest absolute Gasteiger partial charge is 0.342 e. The maximum atomic E-state index is 13.8. The normalized spacial score (nSPS) is 11.7. The molecule has 9 heteroatoms. The molecule has 0 aliphatic carbocycles. The lowest BCUT2D eigenvalue weighted by molar-refractivity contribution is -0.115. The number of benzene rings is 1. The van der Waals surface area contributed by atoms with E-state index in [4.69, 9.17) is 9.15 Å². The molecule has 0 fully saturated rings. The van der Waals surface area contributed by atoms with E-state index in [0.29, 0.717) is 11.5 Å². The van der Waals surface area contributed by atoms with Crippen molar-refractivity contribution in [2.45, 2.75) is 31.0 Å². The van der Waals surface area contributed by atoms with Gasteiger partial charge in [0, 0.05) is 0 Å². The van der Waals surface area contributed by atoms with Gasteiger partial charge in [-0.1, -0.05) is 23.9 Å². The summed E-state index contributed by atoms with van der Waals surface area (Å²) in [7, 11) is 0. The number of aromatic nitrogens is 2. The number of rotatable bonds is 7. The van der Waals surface area contributed by atoms with E-state index >= 15 is 0 Å². The maximum Gasteiger partial charge on any atom is 0.342 e. The fourth-order valence-electron chi connectivity index (χ4n) is 2.60. The summed E-state index contributed by atoms with van der Waals surface area (Å²) in [5, 5.41) is 2.15. The van der Waals surface area contributed by atoms with Gasteiger partial charge >= 0.3 is 5.97 Å². The number of hydrogen-bond acceptors (Lipinski definition) is 7. The van der Waals surface area contributed by atoms with Gasteiger partial charge in [0.2, 0.25) is 5.91 Å². The third-order valence-electron chi connectivity index (χ3n) is 4.07. The van der Waals surface area contributed by atoms with Crippen LogP contribution in [0, 0.1) is 12.7 Å². The summed E-state index contributed by atoms with van der Waals surface area (Å²) >= 11 is 1.06. The monoisotopic (exact) mass is 429 g/mol. The zero-order valence-corrected chi connectivity index (χ0v) is 17.5. The van der Waals surface area contributed by atoms with Gasteiger partial charge in [0.15, 0.2) is 11.6 Å². The van der Waals surface area contributed by atoms with Crippen molar-refractivity contribution in [1.29, 1.82) is 0 Å². The van der Waals surface area contributed by atoms with Gasteiger partial charge in [0.05, 0.1) is 29.5 Å². The fourth-order valence-corrected chi connectivity index (χ4v) is 3.59. The molecule has 3 aromatic rings. The first kappa shape index (κ1) is 21.5. The van der Waals surface area contributed by atoms with Crippen molar-refractivity contribution in [3.8, 4) is 11.6 Å². The van der Waals surface area contributed by atoms with Crippen LogP contribution in [0.25, 0.3) is 11.6 Å². The number of esters is 1. The van der Waals surface area contributed by atoms with Crippen LogP contribution in [0.2, 0.25) is 0 Å². The molecule has 0 saturated carbocycles. The van der Waals surface area contributed by atoms with Crippen LogP contribution in [-0.2, 0) is 9.53 Å². The zero-order chi connectivity index (χ0) is 21.7. The van der Waals surface area contributed by atoms with Crippen LogP contribution < -0.4 is 5.32 Å². The third-order valence-corrected chi connectivity index (χ3v) is 5.15. The van der Waals surface area contributed by atoms with E-state index in [1.165, 1.54) is 24.5 Å².